The lowest BCUT2D eigenvalue weighted by Crippen LogP contribution is -2.26. The zero-order chi connectivity index (χ0) is 17.8. The largest absolute Gasteiger partial charge is 0.477 e. The van der Waals surface area contributed by atoms with Gasteiger partial charge in [-0.15, -0.1) is 0 Å². The second kappa shape index (κ2) is 7.00. The van der Waals surface area contributed by atoms with E-state index in [1.165, 1.54) is 16.9 Å². The van der Waals surface area contributed by atoms with Gasteiger partial charge >= 0.3 is 5.97 Å². The fourth-order valence-electron chi connectivity index (χ4n) is 2.48. The van der Waals surface area contributed by atoms with E-state index >= 15 is 0 Å². The number of carboxylic acid groups (broad SMARTS) is 1. The first-order valence-corrected chi connectivity index (χ1v) is 7.68. The fourth-order valence-corrected chi connectivity index (χ4v) is 2.48. The van der Waals surface area contributed by atoms with Crippen LogP contribution in [0.25, 0.3) is 0 Å². The van der Waals surface area contributed by atoms with Crippen LogP contribution in [0.15, 0.2) is 55.0 Å². The van der Waals surface area contributed by atoms with Crippen molar-refractivity contribution in [3.05, 3.63) is 66.2 Å². The number of rotatable bonds is 6. The van der Waals surface area contributed by atoms with Crippen LogP contribution >= 0.6 is 0 Å². The van der Waals surface area contributed by atoms with Crippen LogP contribution < -0.4 is 5.32 Å². The second-order valence-electron chi connectivity index (χ2n) is 5.54. The van der Waals surface area contributed by atoms with Crippen molar-refractivity contribution in [1.29, 1.82) is 0 Å². The second-order valence-corrected chi connectivity index (χ2v) is 5.54. The maximum Gasteiger partial charge on any atom is 0.354 e. The number of hydrogen-bond acceptors (Lipinski definition) is 4. The van der Waals surface area contributed by atoms with Gasteiger partial charge in [-0.05, 0) is 36.8 Å². The number of aromatic carboxylic acids is 1. The summed E-state index contributed by atoms with van der Waals surface area (Å²) in [5.74, 6) is -1.47. The molecule has 25 heavy (non-hydrogen) atoms. The van der Waals surface area contributed by atoms with E-state index in [1.54, 1.807) is 23.9 Å². The molecule has 0 spiro atoms. The summed E-state index contributed by atoms with van der Waals surface area (Å²) in [6.45, 7) is 2.19. The van der Waals surface area contributed by atoms with Crippen LogP contribution in [0.3, 0.4) is 0 Å². The Hall–Kier alpha value is -3.42. The number of nitrogens with one attached hydrogen (secondary N) is 1. The zero-order valence-corrected chi connectivity index (χ0v) is 13.5. The Bertz CT molecular complexity index is 885. The van der Waals surface area contributed by atoms with E-state index in [9.17, 15) is 9.59 Å². The average Bonchev–Trinajstić information content (AvgIpc) is 3.25. The van der Waals surface area contributed by atoms with Crippen LogP contribution in [-0.2, 0) is 11.3 Å². The Morgan fingerprint density at radius 3 is 2.76 bits per heavy atom. The molecule has 128 valence electrons. The van der Waals surface area contributed by atoms with E-state index < -0.39 is 12.0 Å². The van der Waals surface area contributed by atoms with Crippen molar-refractivity contribution in [1.82, 2.24) is 19.6 Å². The molecule has 0 aliphatic rings. The van der Waals surface area contributed by atoms with Crippen molar-refractivity contribution in [3.63, 3.8) is 0 Å². The van der Waals surface area contributed by atoms with Gasteiger partial charge in [0.2, 0.25) is 5.91 Å². The first-order chi connectivity index (χ1) is 12.0. The zero-order valence-electron chi connectivity index (χ0n) is 13.5. The summed E-state index contributed by atoms with van der Waals surface area (Å²) in [4.78, 5) is 23.6. The molecule has 2 heterocycles. The molecule has 3 aromatic rings. The van der Waals surface area contributed by atoms with Gasteiger partial charge < -0.3 is 10.4 Å². The Labute approximate surface area is 143 Å². The minimum Gasteiger partial charge on any atom is -0.477 e. The quantitative estimate of drug-likeness (QED) is 0.715. The van der Waals surface area contributed by atoms with Gasteiger partial charge in [-0.25, -0.2) is 9.48 Å². The number of carbonyl (C=O) groups is 2. The molecule has 2 N–H and O–H groups in total. The molecule has 1 amide bonds. The van der Waals surface area contributed by atoms with Crippen LogP contribution in [0.5, 0.6) is 0 Å². The summed E-state index contributed by atoms with van der Waals surface area (Å²) in [6.07, 6.45) is 4.92. The Morgan fingerprint density at radius 2 is 2.04 bits per heavy atom. The number of aromatic nitrogens is 4. The fraction of sp³-hybridized carbons (Fsp3) is 0.176. The Balaban J connectivity index is 1.72. The third-order valence-corrected chi connectivity index (χ3v) is 3.73. The highest BCUT2D eigenvalue weighted by molar-refractivity contribution is 5.94. The van der Waals surface area contributed by atoms with Gasteiger partial charge in [0.15, 0.2) is 0 Å². The predicted molar refractivity (Wildman–Crippen MR) is 90.3 cm³/mol. The van der Waals surface area contributed by atoms with Crippen LogP contribution in [0.2, 0.25) is 0 Å². The number of carboxylic acids is 1. The molecule has 0 saturated heterocycles. The molecule has 0 saturated carbocycles. The monoisotopic (exact) mass is 339 g/mol. The van der Waals surface area contributed by atoms with Crippen molar-refractivity contribution in [2.24, 2.45) is 0 Å². The van der Waals surface area contributed by atoms with E-state index in [2.05, 4.69) is 15.5 Å². The minimum atomic E-state index is -1.13. The van der Waals surface area contributed by atoms with Crippen molar-refractivity contribution < 1.29 is 14.7 Å². The first-order valence-electron chi connectivity index (χ1n) is 7.68. The number of anilines is 1. The van der Waals surface area contributed by atoms with E-state index in [1.807, 2.05) is 30.5 Å². The Morgan fingerprint density at radius 1 is 1.20 bits per heavy atom. The lowest BCUT2D eigenvalue weighted by Gasteiger charge is -2.15. The van der Waals surface area contributed by atoms with Crippen molar-refractivity contribution >= 4 is 17.6 Å². The maximum absolute atomic E-state index is 12.4. The molecular weight excluding hydrogens is 322 g/mol. The minimum absolute atomic E-state index is 0.0323. The van der Waals surface area contributed by atoms with Gasteiger partial charge in [0.1, 0.15) is 11.7 Å². The third-order valence-electron chi connectivity index (χ3n) is 3.73. The highest BCUT2D eigenvalue weighted by Gasteiger charge is 2.21. The standard InChI is InChI=1S/C17H17N5O3/c1-12(22-15(17(24)25)6-8-19-22)16(23)20-14-5-2-4-13(10-14)11-21-9-3-7-18-21/h2-10,12H,11H2,1H3,(H,20,23)(H,24,25). The lowest BCUT2D eigenvalue weighted by molar-refractivity contribution is -0.119. The molecule has 1 unspecified atom stereocenters. The van der Waals surface area contributed by atoms with Crippen LogP contribution in [-0.4, -0.2) is 36.5 Å². The van der Waals surface area contributed by atoms with E-state index in [0.717, 1.165) is 5.56 Å². The first kappa shape index (κ1) is 16.4. The highest BCUT2D eigenvalue weighted by atomic mass is 16.4. The molecule has 0 radical (unpaired) electrons. The lowest BCUT2D eigenvalue weighted by atomic mass is 10.2. The molecule has 0 aliphatic heterocycles. The molecule has 0 bridgehead atoms. The van der Waals surface area contributed by atoms with Crippen LogP contribution in [0, 0.1) is 0 Å². The molecule has 8 nitrogen and oxygen atoms in total. The van der Waals surface area contributed by atoms with Crippen molar-refractivity contribution in [2.45, 2.75) is 19.5 Å². The predicted octanol–water partition coefficient (Wildman–Crippen LogP) is 2.03. The van der Waals surface area contributed by atoms with E-state index in [0.29, 0.717) is 12.2 Å². The van der Waals surface area contributed by atoms with Gasteiger partial charge in [-0.2, -0.15) is 10.2 Å². The van der Waals surface area contributed by atoms with Gasteiger partial charge in [0.05, 0.1) is 6.54 Å². The molecular formula is C17H17N5O3. The number of benzene rings is 1. The third kappa shape index (κ3) is 3.74. The van der Waals surface area contributed by atoms with Crippen LogP contribution in [0.4, 0.5) is 5.69 Å². The smallest absolute Gasteiger partial charge is 0.354 e. The topological polar surface area (TPSA) is 102 Å². The molecule has 2 aromatic heterocycles. The molecule has 1 aromatic carbocycles. The molecule has 0 aliphatic carbocycles. The van der Waals surface area contributed by atoms with Gasteiger partial charge in [0, 0.05) is 24.3 Å². The Kier molecular flexibility index (Phi) is 4.60. The van der Waals surface area contributed by atoms with Gasteiger partial charge in [0.25, 0.3) is 0 Å². The highest BCUT2D eigenvalue weighted by Crippen LogP contribution is 2.16. The summed E-state index contributed by atoms with van der Waals surface area (Å²) < 4.78 is 2.97. The molecule has 0 fully saturated rings. The molecule has 8 heteroatoms. The van der Waals surface area contributed by atoms with E-state index in [4.69, 9.17) is 5.11 Å². The number of nitrogens with zero attached hydrogens (tertiary/aromatic N) is 4. The van der Waals surface area contributed by atoms with Crippen molar-refractivity contribution in [2.75, 3.05) is 5.32 Å². The van der Waals surface area contributed by atoms with E-state index in [-0.39, 0.29) is 11.6 Å². The summed E-state index contributed by atoms with van der Waals surface area (Å²) in [7, 11) is 0. The summed E-state index contributed by atoms with van der Waals surface area (Å²) in [5, 5.41) is 20.0. The average molecular weight is 339 g/mol. The normalized spacial score (nSPS) is 11.9. The number of carbonyl (C=O) groups excluding carboxylic acids is 1. The summed E-state index contributed by atoms with van der Waals surface area (Å²) in [5.41, 5.74) is 1.58. The van der Waals surface area contributed by atoms with Crippen molar-refractivity contribution in [3.8, 4) is 0 Å². The molecule has 1 atom stereocenters. The maximum atomic E-state index is 12.4. The summed E-state index contributed by atoms with van der Waals surface area (Å²) >= 11 is 0. The summed E-state index contributed by atoms with van der Waals surface area (Å²) in [6, 6.07) is 9.86. The number of amides is 1. The van der Waals surface area contributed by atoms with Crippen LogP contribution in [0.1, 0.15) is 29.0 Å². The van der Waals surface area contributed by atoms with Gasteiger partial charge in [-0.3, -0.25) is 9.48 Å². The SMILES string of the molecule is CC(C(=O)Nc1cccc(Cn2cccn2)c1)n1nccc1C(=O)O. The number of hydrogen-bond donors (Lipinski definition) is 2. The molecule has 3 rings (SSSR count). The van der Waals surface area contributed by atoms with Gasteiger partial charge in [-0.1, -0.05) is 12.1 Å².